The quantitative estimate of drug-likeness (QED) is 0.883. The number of amides is 2. The minimum atomic E-state index is -0.174. The second-order valence-electron chi connectivity index (χ2n) is 8.23. The maximum Gasteiger partial charge on any atom is 0.317 e. The maximum absolute atomic E-state index is 12.7. The fraction of sp³-hybridized carbons (Fsp3) is 0.571. The van der Waals surface area contributed by atoms with Gasteiger partial charge in [-0.2, -0.15) is 0 Å². The molecule has 2 aliphatic heterocycles. The van der Waals surface area contributed by atoms with E-state index in [1.807, 2.05) is 48.4 Å². The van der Waals surface area contributed by atoms with E-state index in [0.29, 0.717) is 5.92 Å². The Labute approximate surface area is 166 Å². The van der Waals surface area contributed by atoms with Crippen molar-refractivity contribution in [2.75, 3.05) is 33.2 Å². The van der Waals surface area contributed by atoms with E-state index < -0.39 is 0 Å². The van der Waals surface area contributed by atoms with Gasteiger partial charge in [0.25, 0.3) is 0 Å². The monoisotopic (exact) mass is 382 g/mol. The number of carbonyl (C=O) groups excluding carboxylic acids is 1. The number of urea groups is 1. The van der Waals surface area contributed by atoms with E-state index >= 15 is 0 Å². The van der Waals surface area contributed by atoms with Crippen LogP contribution in [0.4, 0.5) is 4.79 Å². The second kappa shape index (κ2) is 8.31. The van der Waals surface area contributed by atoms with Gasteiger partial charge in [-0.05, 0) is 70.3 Å². The van der Waals surface area contributed by atoms with Crippen LogP contribution in [-0.2, 0) is 0 Å². The summed E-state index contributed by atoms with van der Waals surface area (Å²) in [4.78, 5) is 17.1. The first-order valence-corrected chi connectivity index (χ1v) is 10.3. The van der Waals surface area contributed by atoms with E-state index in [1.165, 1.54) is 25.9 Å². The number of nitrogens with zero attached hydrogens (tertiary/aromatic N) is 5. The molecule has 2 amide bonds. The Hall–Kier alpha value is -2.41. The number of benzene rings is 1. The fourth-order valence-electron chi connectivity index (χ4n) is 4.39. The molecule has 2 atom stereocenters. The first-order valence-electron chi connectivity index (χ1n) is 10.3. The average Bonchev–Trinajstić information content (AvgIpc) is 3.39. The van der Waals surface area contributed by atoms with Crippen molar-refractivity contribution in [3.8, 4) is 5.69 Å². The molecule has 2 aromatic rings. The summed E-state index contributed by atoms with van der Waals surface area (Å²) in [6.07, 6.45) is 5.53. The lowest BCUT2D eigenvalue weighted by atomic mass is 9.84. The zero-order chi connectivity index (χ0) is 19.5. The van der Waals surface area contributed by atoms with Crippen molar-refractivity contribution in [1.82, 2.24) is 30.1 Å². The highest BCUT2D eigenvalue weighted by molar-refractivity contribution is 5.74. The topological polar surface area (TPSA) is 66.3 Å². The first-order chi connectivity index (χ1) is 13.6. The number of para-hydroxylation sites is 1. The van der Waals surface area contributed by atoms with Crippen LogP contribution in [-0.4, -0.2) is 64.1 Å². The number of likely N-dealkylation sites (tertiary alicyclic amines) is 2. The molecule has 2 aliphatic rings. The van der Waals surface area contributed by atoms with Crippen molar-refractivity contribution in [3.63, 3.8) is 0 Å². The molecule has 1 aromatic carbocycles. The Morgan fingerprint density at radius 2 is 1.82 bits per heavy atom. The summed E-state index contributed by atoms with van der Waals surface area (Å²) in [5, 5.41) is 11.5. The highest BCUT2D eigenvalue weighted by Gasteiger charge is 2.33. The normalized spacial score (nSPS) is 22.4. The summed E-state index contributed by atoms with van der Waals surface area (Å²) in [6.45, 7) is 6.06. The predicted molar refractivity (Wildman–Crippen MR) is 108 cm³/mol. The van der Waals surface area contributed by atoms with Crippen LogP contribution in [0.25, 0.3) is 5.69 Å². The summed E-state index contributed by atoms with van der Waals surface area (Å²) in [6, 6.07) is 9.71. The van der Waals surface area contributed by atoms with Crippen molar-refractivity contribution in [2.24, 2.45) is 11.8 Å². The van der Waals surface area contributed by atoms with Gasteiger partial charge in [0.05, 0.1) is 17.9 Å². The largest absolute Gasteiger partial charge is 0.330 e. The number of hydrogen-bond acceptors (Lipinski definition) is 4. The molecule has 0 saturated carbocycles. The van der Waals surface area contributed by atoms with Crippen LogP contribution in [0.1, 0.15) is 37.9 Å². The number of aromatic nitrogens is 3. The molecule has 4 rings (SSSR count). The Morgan fingerprint density at radius 1 is 1.11 bits per heavy atom. The van der Waals surface area contributed by atoms with Gasteiger partial charge >= 0.3 is 6.03 Å². The summed E-state index contributed by atoms with van der Waals surface area (Å²) >= 11 is 0. The third-order valence-corrected chi connectivity index (χ3v) is 6.26. The molecule has 28 heavy (non-hydrogen) atoms. The van der Waals surface area contributed by atoms with Gasteiger partial charge < -0.3 is 15.1 Å². The molecule has 0 aliphatic carbocycles. The molecule has 0 radical (unpaired) electrons. The molecule has 2 fully saturated rings. The number of nitrogens with one attached hydrogen (secondary N) is 1. The van der Waals surface area contributed by atoms with Crippen molar-refractivity contribution in [1.29, 1.82) is 0 Å². The van der Waals surface area contributed by atoms with Gasteiger partial charge in [0.1, 0.15) is 5.69 Å². The molecule has 7 nitrogen and oxygen atoms in total. The maximum atomic E-state index is 12.7. The predicted octanol–water partition coefficient (Wildman–Crippen LogP) is 2.70. The van der Waals surface area contributed by atoms with Crippen molar-refractivity contribution in [2.45, 2.75) is 32.2 Å². The number of hydrogen-bond donors (Lipinski definition) is 1. The van der Waals surface area contributed by atoms with Gasteiger partial charge in [0.2, 0.25) is 0 Å². The molecule has 0 bridgehead atoms. The minimum Gasteiger partial charge on any atom is -0.330 e. The van der Waals surface area contributed by atoms with Crippen LogP contribution in [0.15, 0.2) is 36.5 Å². The summed E-state index contributed by atoms with van der Waals surface area (Å²) < 4.78 is 1.74. The zero-order valence-electron chi connectivity index (χ0n) is 16.8. The van der Waals surface area contributed by atoms with E-state index in [4.69, 9.17) is 0 Å². The van der Waals surface area contributed by atoms with Crippen molar-refractivity contribution >= 4 is 6.03 Å². The summed E-state index contributed by atoms with van der Waals surface area (Å²) in [5.74, 6) is 1.41. The molecule has 7 heteroatoms. The van der Waals surface area contributed by atoms with Gasteiger partial charge in [-0.1, -0.05) is 23.4 Å². The third kappa shape index (κ3) is 4.19. The zero-order valence-corrected chi connectivity index (χ0v) is 16.8. The average molecular weight is 383 g/mol. The van der Waals surface area contributed by atoms with E-state index in [-0.39, 0.29) is 12.1 Å². The Morgan fingerprint density at radius 3 is 2.57 bits per heavy atom. The van der Waals surface area contributed by atoms with Crippen LogP contribution in [0.3, 0.4) is 0 Å². The van der Waals surface area contributed by atoms with Gasteiger partial charge in [0.15, 0.2) is 0 Å². The van der Waals surface area contributed by atoms with Crippen molar-refractivity contribution in [3.05, 3.63) is 42.2 Å². The molecular weight excluding hydrogens is 352 g/mol. The van der Waals surface area contributed by atoms with Crippen LogP contribution in [0.2, 0.25) is 0 Å². The van der Waals surface area contributed by atoms with Gasteiger partial charge in [-0.3, -0.25) is 0 Å². The summed E-state index contributed by atoms with van der Waals surface area (Å²) in [5.41, 5.74) is 1.73. The van der Waals surface area contributed by atoms with E-state index in [0.717, 1.165) is 36.8 Å². The summed E-state index contributed by atoms with van der Waals surface area (Å²) in [7, 11) is 2.19. The standard InChI is InChI=1S/C21H30N6O/c1-16(20-15-27(24-23-20)19-6-4-3-5-7-19)22-21(28)26-13-10-18(14-26)17-8-11-25(2)12-9-17/h3-7,15-18H,8-14H2,1-2H3,(H,22,28). The molecule has 3 heterocycles. The van der Waals surface area contributed by atoms with E-state index in [1.54, 1.807) is 4.68 Å². The number of carbonyl (C=O) groups is 1. The lowest BCUT2D eigenvalue weighted by Crippen LogP contribution is -2.40. The fourth-order valence-corrected chi connectivity index (χ4v) is 4.39. The lowest BCUT2D eigenvalue weighted by molar-refractivity contribution is 0.168. The molecule has 1 aromatic heterocycles. The smallest absolute Gasteiger partial charge is 0.317 e. The van der Waals surface area contributed by atoms with Gasteiger partial charge in [-0.15, -0.1) is 5.10 Å². The van der Waals surface area contributed by atoms with Crippen molar-refractivity contribution < 1.29 is 4.79 Å². The minimum absolute atomic E-state index is 0.0113. The lowest BCUT2D eigenvalue weighted by Gasteiger charge is -2.32. The molecule has 2 unspecified atom stereocenters. The molecule has 150 valence electrons. The van der Waals surface area contributed by atoms with E-state index in [9.17, 15) is 4.79 Å². The number of rotatable bonds is 4. The van der Waals surface area contributed by atoms with Gasteiger partial charge in [-0.25, -0.2) is 9.48 Å². The highest BCUT2D eigenvalue weighted by atomic mass is 16.2. The van der Waals surface area contributed by atoms with E-state index in [2.05, 4.69) is 27.6 Å². The SMILES string of the molecule is CC(NC(=O)N1CCC(C2CCN(C)CC2)C1)c1cn(-c2ccccc2)nn1. The Kier molecular flexibility index (Phi) is 5.62. The van der Waals surface area contributed by atoms with Crippen LogP contribution in [0, 0.1) is 11.8 Å². The molecule has 1 N–H and O–H groups in total. The Balaban J connectivity index is 1.31. The van der Waals surface area contributed by atoms with Gasteiger partial charge in [0, 0.05) is 13.1 Å². The van der Waals surface area contributed by atoms with Crippen LogP contribution in [0.5, 0.6) is 0 Å². The highest BCUT2D eigenvalue weighted by Crippen LogP contribution is 2.31. The second-order valence-corrected chi connectivity index (χ2v) is 8.23. The van der Waals surface area contributed by atoms with Crippen LogP contribution < -0.4 is 5.32 Å². The molecular formula is C21H30N6O. The Bertz CT molecular complexity index is 783. The number of piperidine rings is 1. The molecule has 0 spiro atoms. The van der Waals surface area contributed by atoms with Crippen LogP contribution >= 0.6 is 0 Å². The molecule has 2 saturated heterocycles. The first kappa shape index (κ1) is 18.9. The third-order valence-electron chi connectivity index (χ3n) is 6.26.